The number of morpholine rings is 1. The Kier molecular flexibility index (Phi) is 8.75. The minimum atomic E-state index is -0.00952. The van der Waals surface area contributed by atoms with Gasteiger partial charge in [-0.3, -0.25) is 9.69 Å². The lowest BCUT2D eigenvalue weighted by Crippen LogP contribution is -2.44. The monoisotopic (exact) mass is 347 g/mol. The van der Waals surface area contributed by atoms with Crippen molar-refractivity contribution >= 4 is 29.9 Å². The third kappa shape index (κ3) is 5.74. The Morgan fingerprint density at radius 2 is 1.95 bits per heavy atom. The summed E-state index contributed by atoms with van der Waals surface area (Å²) in [5.74, 6) is -0.00952. The SMILES string of the molecule is Cl.NCCC(=O)NCC(c1ccc(Cl)cc1)N1CCOCC1. The van der Waals surface area contributed by atoms with Gasteiger partial charge >= 0.3 is 0 Å². The van der Waals surface area contributed by atoms with Gasteiger partial charge in [-0.1, -0.05) is 23.7 Å². The Balaban J connectivity index is 0.00000242. The van der Waals surface area contributed by atoms with Crippen molar-refractivity contribution < 1.29 is 9.53 Å². The molecule has 1 aromatic rings. The summed E-state index contributed by atoms with van der Waals surface area (Å²) in [6, 6.07) is 7.92. The van der Waals surface area contributed by atoms with Gasteiger partial charge in [-0.05, 0) is 17.7 Å². The highest BCUT2D eigenvalue weighted by Crippen LogP contribution is 2.23. The van der Waals surface area contributed by atoms with E-state index in [0.717, 1.165) is 31.9 Å². The molecule has 0 spiro atoms. The summed E-state index contributed by atoms with van der Waals surface area (Å²) in [5, 5.41) is 3.67. The number of ether oxygens (including phenoxy) is 1. The first-order chi connectivity index (χ1) is 10.2. The number of nitrogens with one attached hydrogen (secondary N) is 1. The van der Waals surface area contributed by atoms with Crippen molar-refractivity contribution in [2.45, 2.75) is 12.5 Å². The topological polar surface area (TPSA) is 67.6 Å². The Morgan fingerprint density at radius 1 is 1.32 bits per heavy atom. The van der Waals surface area contributed by atoms with Crippen molar-refractivity contribution in [2.24, 2.45) is 5.73 Å². The quantitative estimate of drug-likeness (QED) is 0.820. The van der Waals surface area contributed by atoms with Gasteiger partial charge in [0.15, 0.2) is 0 Å². The molecule has 0 bridgehead atoms. The molecule has 22 heavy (non-hydrogen) atoms. The fraction of sp³-hybridized carbons (Fsp3) is 0.533. The fourth-order valence-corrected chi connectivity index (χ4v) is 2.59. The molecule has 1 fully saturated rings. The van der Waals surface area contributed by atoms with Crippen LogP contribution < -0.4 is 11.1 Å². The molecule has 1 aliphatic rings. The Labute approximate surface area is 142 Å². The number of amides is 1. The summed E-state index contributed by atoms with van der Waals surface area (Å²) in [6.07, 6.45) is 0.358. The van der Waals surface area contributed by atoms with Crippen LogP contribution in [-0.2, 0) is 9.53 Å². The number of benzene rings is 1. The number of hydrogen-bond donors (Lipinski definition) is 2. The van der Waals surface area contributed by atoms with Crippen molar-refractivity contribution in [1.82, 2.24) is 10.2 Å². The van der Waals surface area contributed by atoms with Crippen LogP contribution >= 0.6 is 24.0 Å². The second-order valence-corrected chi connectivity index (χ2v) is 5.49. The highest BCUT2D eigenvalue weighted by atomic mass is 35.5. The highest BCUT2D eigenvalue weighted by molar-refractivity contribution is 6.30. The minimum absolute atomic E-state index is 0. The maximum Gasteiger partial charge on any atom is 0.221 e. The first kappa shape index (κ1) is 19.2. The highest BCUT2D eigenvalue weighted by Gasteiger charge is 2.23. The van der Waals surface area contributed by atoms with E-state index in [1.807, 2.05) is 24.3 Å². The summed E-state index contributed by atoms with van der Waals surface area (Å²) in [7, 11) is 0. The number of carbonyl (C=O) groups excluding carboxylic acids is 1. The van der Waals surface area contributed by atoms with Crippen LogP contribution in [0.3, 0.4) is 0 Å². The van der Waals surface area contributed by atoms with Crippen molar-refractivity contribution in [2.75, 3.05) is 39.4 Å². The molecule has 1 aromatic carbocycles. The van der Waals surface area contributed by atoms with Crippen LogP contribution in [-0.4, -0.2) is 50.2 Å². The van der Waals surface area contributed by atoms with E-state index < -0.39 is 0 Å². The molecule has 1 unspecified atom stereocenters. The lowest BCUT2D eigenvalue weighted by Gasteiger charge is -2.35. The molecular weight excluding hydrogens is 325 g/mol. The van der Waals surface area contributed by atoms with Crippen LogP contribution in [0, 0.1) is 0 Å². The van der Waals surface area contributed by atoms with E-state index in [4.69, 9.17) is 22.1 Å². The summed E-state index contributed by atoms with van der Waals surface area (Å²) in [4.78, 5) is 14.0. The average molecular weight is 348 g/mol. The van der Waals surface area contributed by atoms with E-state index in [9.17, 15) is 4.79 Å². The lowest BCUT2D eigenvalue weighted by atomic mass is 10.0. The Bertz CT molecular complexity index is 451. The summed E-state index contributed by atoms with van der Waals surface area (Å²) < 4.78 is 5.40. The van der Waals surface area contributed by atoms with Crippen LogP contribution in [0.1, 0.15) is 18.0 Å². The molecular formula is C15H23Cl2N3O2. The van der Waals surface area contributed by atoms with Gasteiger partial charge in [0.05, 0.1) is 19.3 Å². The molecule has 2 rings (SSSR count). The van der Waals surface area contributed by atoms with E-state index >= 15 is 0 Å². The smallest absolute Gasteiger partial charge is 0.221 e. The van der Waals surface area contributed by atoms with E-state index in [2.05, 4.69) is 10.2 Å². The zero-order chi connectivity index (χ0) is 15.1. The normalized spacial score (nSPS) is 16.6. The van der Waals surface area contributed by atoms with Crippen LogP contribution in [0.25, 0.3) is 0 Å². The van der Waals surface area contributed by atoms with Gasteiger partial charge in [0.2, 0.25) is 5.91 Å². The number of hydrogen-bond acceptors (Lipinski definition) is 4. The van der Waals surface area contributed by atoms with Crippen LogP contribution in [0.4, 0.5) is 0 Å². The first-order valence-corrected chi connectivity index (χ1v) is 7.62. The van der Waals surface area contributed by atoms with Crippen LogP contribution in [0.2, 0.25) is 5.02 Å². The zero-order valence-electron chi connectivity index (χ0n) is 12.5. The summed E-state index contributed by atoms with van der Waals surface area (Å²) in [6.45, 7) is 4.11. The van der Waals surface area contributed by atoms with Crippen molar-refractivity contribution in [3.05, 3.63) is 34.9 Å². The van der Waals surface area contributed by atoms with Gasteiger partial charge in [-0.25, -0.2) is 0 Å². The average Bonchev–Trinajstić information content (AvgIpc) is 2.50. The molecule has 1 atom stereocenters. The van der Waals surface area contributed by atoms with Crippen molar-refractivity contribution in [3.8, 4) is 0 Å². The first-order valence-electron chi connectivity index (χ1n) is 7.24. The van der Waals surface area contributed by atoms with E-state index in [0.29, 0.717) is 24.5 Å². The predicted molar refractivity (Wildman–Crippen MR) is 90.5 cm³/mol. The maximum atomic E-state index is 11.7. The molecule has 1 saturated heterocycles. The number of halogens is 2. The van der Waals surface area contributed by atoms with Crippen LogP contribution in [0.15, 0.2) is 24.3 Å². The second kappa shape index (κ2) is 10.0. The third-order valence-corrected chi connectivity index (χ3v) is 3.86. The van der Waals surface area contributed by atoms with E-state index in [-0.39, 0.29) is 24.4 Å². The molecule has 0 radical (unpaired) electrons. The second-order valence-electron chi connectivity index (χ2n) is 5.06. The van der Waals surface area contributed by atoms with Gasteiger partial charge < -0.3 is 15.8 Å². The number of nitrogens with two attached hydrogens (primary N) is 1. The minimum Gasteiger partial charge on any atom is -0.379 e. The van der Waals surface area contributed by atoms with Gasteiger partial charge in [0, 0.05) is 37.6 Å². The number of carbonyl (C=O) groups is 1. The van der Waals surface area contributed by atoms with Crippen molar-refractivity contribution in [3.63, 3.8) is 0 Å². The van der Waals surface area contributed by atoms with E-state index in [1.54, 1.807) is 0 Å². The molecule has 0 aliphatic carbocycles. The van der Waals surface area contributed by atoms with Gasteiger partial charge in [0.25, 0.3) is 0 Å². The van der Waals surface area contributed by atoms with Gasteiger partial charge in [0.1, 0.15) is 0 Å². The standard InChI is InChI=1S/C15H22ClN3O2.ClH/c16-13-3-1-12(2-4-13)14(11-18-15(20)5-6-17)19-7-9-21-10-8-19;/h1-4,14H,5-11,17H2,(H,18,20);1H. The molecule has 3 N–H and O–H groups in total. The fourth-order valence-electron chi connectivity index (χ4n) is 2.46. The third-order valence-electron chi connectivity index (χ3n) is 3.61. The largest absolute Gasteiger partial charge is 0.379 e. The molecule has 7 heteroatoms. The zero-order valence-corrected chi connectivity index (χ0v) is 14.0. The molecule has 0 aromatic heterocycles. The van der Waals surface area contributed by atoms with Crippen LogP contribution in [0.5, 0.6) is 0 Å². The van der Waals surface area contributed by atoms with Crippen molar-refractivity contribution in [1.29, 1.82) is 0 Å². The molecule has 1 amide bonds. The molecule has 124 valence electrons. The maximum absolute atomic E-state index is 11.7. The summed E-state index contributed by atoms with van der Waals surface area (Å²) in [5.41, 5.74) is 6.55. The van der Waals surface area contributed by atoms with Gasteiger partial charge in [-0.15, -0.1) is 12.4 Å². The number of nitrogens with zero attached hydrogens (tertiary/aromatic N) is 1. The molecule has 5 nitrogen and oxygen atoms in total. The Hall–Kier alpha value is -0.850. The lowest BCUT2D eigenvalue weighted by molar-refractivity contribution is -0.121. The summed E-state index contributed by atoms with van der Waals surface area (Å²) >= 11 is 5.95. The molecule has 1 heterocycles. The predicted octanol–water partition coefficient (Wildman–Crippen LogP) is 1.60. The van der Waals surface area contributed by atoms with E-state index in [1.165, 1.54) is 0 Å². The number of rotatable bonds is 6. The molecule has 1 aliphatic heterocycles. The Morgan fingerprint density at radius 3 is 2.55 bits per heavy atom. The molecule has 0 saturated carbocycles. The van der Waals surface area contributed by atoms with Gasteiger partial charge in [-0.2, -0.15) is 0 Å².